The number of nitrogens with one attached hydrogen (secondary N) is 1. The molecule has 0 aromatic carbocycles. The smallest absolute Gasteiger partial charge is 0.272 e. The van der Waals surface area contributed by atoms with Gasteiger partial charge in [-0.15, -0.1) is 0 Å². The Kier molecular flexibility index (Phi) is 6.60. The quantitative estimate of drug-likeness (QED) is 0.611. The predicted molar refractivity (Wildman–Crippen MR) is 133 cm³/mol. The van der Waals surface area contributed by atoms with Gasteiger partial charge in [-0.1, -0.05) is 6.07 Å². The van der Waals surface area contributed by atoms with E-state index < -0.39 is 0 Å². The van der Waals surface area contributed by atoms with E-state index in [2.05, 4.69) is 33.4 Å². The maximum atomic E-state index is 13.1. The number of carbonyl (C=O) groups is 2. The number of nitrogens with zero attached hydrogens (tertiary/aromatic N) is 6. The van der Waals surface area contributed by atoms with E-state index in [1.54, 1.807) is 0 Å². The van der Waals surface area contributed by atoms with E-state index in [-0.39, 0.29) is 17.9 Å². The molecule has 4 heterocycles. The summed E-state index contributed by atoms with van der Waals surface area (Å²) in [6, 6.07) is 4.22. The molecule has 3 aromatic heterocycles. The normalized spacial score (nSPS) is 20.5. The molecule has 0 fully saturated rings. The van der Waals surface area contributed by atoms with Gasteiger partial charge in [-0.25, -0.2) is 4.52 Å². The van der Waals surface area contributed by atoms with Crippen LogP contribution in [0.1, 0.15) is 58.6 Å². The molecule has 1 aliphatic heterocycles. The van der Waals surface area contributed by atoms with Crippen molar-refractivity contribution in [3.8, 4) is 0 Å². The zero-order valence-electron chi connectivity index (χ0n) is 21.0. The molecule has 2 amide bonds. The molecule has 9 heteroatoms. The Morgan fingerprint density at radius 3 is 2.83 bits per heavy atom. The van der Waals surface area contributed by atoms with Crippen molar-refractivity contribution >= 4 is 17.3 Å². The summed E-state index contributed by atoms with van der Waals surface area (Å²) in [4.78, 5) is 30.4. The molecule has 0 spiro atoms. The number of hydrogen-bond donors (Lipinski definition) is 1. The van der Waals surface area contributed by atoms with Gasteiger partial charge in [0.05, 0.1) is 11.7 Å². The van der Waals surface area contributed by atoms with E-state index in [0.717, 1.165) is 62.1 Å². The molecular weight excluding hydrogens is 442 g/mol. The Morgan fingerprint density at radius 2 is 1.97 bits per heavy atom. The third kappa shape index (κ3) is 4.69. The first-order chi connectivity index (χ1) is 16.9. The third-order valence-corrected chi connectivity index (χ3v) is 7.60. The predicted octanol–water partition coefficient (Wildman–Crippen LogP) is 2.11. The summed E-state index contributed by atoms with van der Waals surface area (Å²) in [5.41, 5.74) is 6.16. The van der Waals surface area contributed by atoms with Crippen LogP contribution < -0.4 is 5.32 Å². The van der Waals surface area contributed by atoms with Crippen LogP contribution in [0.25, 0.3) is 5.52 Å². The van der Waals surface area contributed by atoms with Crippen molar-refractivity contribution in [1.82, 2.24) is 34.5 Å². The van der Waals surface area contributed by atoms with Gasteiger partial charge in [0.15, 0.2) is 5.69 Å². The van der Waals surface area contributed by atoms with Crippen molar-refractivity contribution in [3.05, 3.63) is 52.6 Å². The zero-order chi connectivity index (χ0) is 24.5. The molecular formula is C26H35N7O2. The van der Waals surface area contributed by atoms with E-state index in [9.17, 15) is 9.59 Å². The maximum Gasteiger partial charge on any atom is 0.272 e. The van der Waals surface area contributed by atoms with Crippen LogP contribution in [-0.4, -0.2) is 73.7 Å². The number of fused-ring (bicyclic) bond motifs is 2. The first kappa shape index (κ1) is 23.5. The van der Waals surface area contributed by atoms with Gasteiger partial charge in [0, 0.05) is 69.2 Å². The second kappa shape index (κ2) is 9.81. The summed E-state index contributed by atoms with van der Waals surface area (Å²) >= 11 is 0. The molecule has 5 rings (SSSR count). The van der Waals surface area contributed by atoms with Gasteiger partial charge in [-0.2, -0.15) is 10.2 Å². The summed E-state index contributed by atoms with van der Waals surface area (Å²) in [5, 5.41) is 12.2. The second-order valence-electron chi connectivity index (χ2n) is 9.94. The van der Waals surface area contributed by atoms with E-state index >= 15 is 0 Å². The summed E-state index contributed by atoms with van der Waals surface area (Å²) in [6.07, 6.45) is 8.51. The SMILES string of the molecule is Cc1cccn2ncc(CN3CCCNC(=O)c4nn(C)c5c4CC(CC5)N(C)C(=O)CCC3)c12. The average molecular weight is 478 g/mol. The Hall–Kier alpha value is -3.20. The number of likely N-dealkylation sites (N-methyl/N-ethyl adjacent to an activating group) is 1. The summed E-state index contributed by atoms with van der Waals surface area (Å²) in [7, 11) is 3.81. The van der Waals surface area contributed by atoms with Crippen LogP contribution in [0, 0.1) is 6.92 Å². The minimum atomic E-state index is -0.115. The molecule has 3 aromatic rings. The molecule has 1 unspecified atom stereocenters. The van der Waals surface area contributed by atoms with Gasteiger partial charge in [-0.3, -0.25) is 19.2 Å². The minimum absolute atomic E-state index is 0.105. The van der Waals surface area contributed by atoms with E-state index in [1.165, 1.54) is 11.1 Å². The van der Waals surface area contributed by atoms with Gasteiger partial charge in [0.25, 0.3) is 5.91 Å². The molecule has 1 aliphatic carbocycles. The summed E-state index contributed by atoms with van der Waals surface area (Å²) < 4.78 is 3.77. The molecule has 2 bridgehead atoms. The number of hydrogen-bond acceptors (Lipinski definition) is 5. The Labute approximate surface area is 206 Å². The number of aromatic nitrogens is 4. The molecule has 186 valence electrons. The van der Waals surface area contributed by atoms with Crippen LogP contribution >= 0.6 is 0 Å². The van der Waals surface area contributed by atoms with E-state index in [1.807, 2.05) is 46.7 Å². The largest absolute Gasteiger partial charge is 0.351 e. The van der Waals surface area contributed by atoms with Crippen molar-refractivity contribution < 1.29 is 9.59 Å². The lowest BCUT2D eigenvalue weighted by molar-refractivity contribution is -0.132. The zero-order valence-corrected chi connectivity index (χ0v) is 21.0. The fourth-order valence-corrected chi connectivity index (χ4v) is 5.63. The third-order valence-electron chi connectivity index (χ3n) is 7.60. The van der Waals surface area contributed by atoms with E-state index in [0.29, 0.717) is 25.1 Å². The minimum Gasteiger partial charge on any atom is -0.351 e. The van der Waals surface area contributed by atoms with Crippen LogP contribution in [-0.2, 0) is 31.2 Å². The van der Waals surface area contributed by atoms with Gasteiger partial charge < -0.3 is 10.2 Å². The molecule has 0 saturated carbocycles. The van der Waals surface area contributed by atoms with Crippen LogP contribution in [0.3, 0.4) is 0 Å². The van der Waals surface area contributed by atoms with Crippen molar-refractivity contribution in [1.29, 1.82) is 0 Å². The van der Waals surface area contributed by atoms with Gasteiger partial charge >= 0.3 is 0 Å². The monoisotopic (exact) mass is 477 g/mol. The van der Waals surface area contributed by atoms with Crippen LogP contribution in [0.15, 0.2) is 24.5 Å². The van der Waals surface area contributed by atoms with Crippen molar-refractivity contribution in [3.63, 3.8) is 0 Å². The van der Waals surface area contributed by atoms with Crippen molar-refractivity contribution in [2.24, 2.45) is 7.05 Å². The molecule has 0 radical (unpaired) electrons. The van der Waals surface area contributed by atoms with Crippen LogP contribution in [0.2, 0.25) is 0 Å². The summed E-state index contributed by atoms with van der Waals surface area (Å²) in [6.45, 7) is 5.13. The second-order valence-corrected chi connectivity index (χ2v) is 9.94. The Morgan fingerprint density at radius 1 is 1.14 bits per heavy atom. The molecule has 1 N–H and O–H groups in total. The first-order valence-corrected chi connectivity index (χ1v) is 12.6. The Balaban J connectivity index is 1.35. The highest BCUT2D eigenvalue weighted by Gasteiger charge is 2.31. The first-order valence-electron chi connectivity index (χ1n) is 12.6. The van der Waals surface area contributed by atoms with Gasteiger partial charge in [0.2, 0.25) is 5.91 Å². The number of pyridine rings is 1. The molecule has 35 heavy (non-hydrogen) atoms. The number of aryl methyl sites for hydroxylation is 2. The highest BCUT2D eigenvalue weighted by molar-refractivity contribution is 5.94. The fraction of sp³-hybridized carbons (Fsp3) is 0.538. The lowest BCUT2D eigenvalue weighted by Gasteiger charge is -2.32. The molecule has 1 atom stereocenters. The Bertz CT molecular complexity index is 1240. The highest BCUT2D eigenvalue weighted by Crippen LogP contribution is 2.27. The topological polar surface area (TPSA) is 87.8 Å². The fourth-order valence-electron chi connectivity index (χ4n) is 5.63. The van der Waals surface area contributed by atoms with Crippen LogP contribution in [0.5, 0.6) is 0 Å². The average Bonchev–Trinajstić information content (AvgIpc) is 3.41. The van der Waals surface area contributed by atoms with Crippen molar-refractivity contribution in [2.45, 2.75) is 58.0 Å². The van der Waals surface area contributed by atoms with Crippen molar-refractivity contribution in [2.75, 3.05) is 26.7 Å². The standard InChI is InChI=1S/C26H35N7O2/c1-18-7-4-14-33-25(18)19(16-28-33)17-32-12-5-8-23(34)30(2)20-9-10-22-21(15-20)24(29-31(22)3)26(35)27-11-6-13-32/h4,7,14,16,20H,5-6,8-13,15,17H2,1-3H3,(H,27,35). The lowest BCUT2D eigenvalue weighted by Crippen LogP contribution is -2.41. The number of rotatable bonds is 2. The molecule has 0 saturated heterocycles. The highest BCUT2D eigenvalue weighted by atomic mass is 16.2. The lowest BCUT2D eigenvalue weighted by atomic mass is 9.90. The van der Waals surface area contributed by atoms with E-state index in [4.69, 9.17) is 0 Å². The van der Waals surface area contributed by atoms with Gasteiger partial charge in [-0.05, 0) is 57.2 Å². The number of amides is 2. The maximum absolute atomic E-state index is 13.1. The molecule has 2 aliphatic rings. The van der Waals surface area contributed by atoms with Crippen LogP contribution in [0.4, 0.5) is 0 Å². The summed E-state index contributed by atoms with van der Waals surface area (Å²) in [5.74, 6) is 0.0612. The molecule has 9 nitrogen and oxygen atoms in total. The number of carbonyl (C=O) groups excluding carboxylic acids is 2. The van der Waals surface area contributed by atoms with Gasteiger partial charge in [0.1, 0.15) is 0 Å².